The number of benzene rings is 1. The predicted octanol–water partition coefficient (Wildman–Crippen LogP) is 0.778. The largest absolute Gasteiger partial charge is 0.464 e. The van der Waals surface area contributed by atoms with Crippen LogP contribution in [0.25, 0.3) is 0 Å². The van der Waals surface area contributed by atoms with Gasteiger partial charge in [0.05, 0.1) is 19.2 Å². The molecule has 2 aliphatic heterocycles. The number of carbonyl (C=O) groups excluding carboxylic acids is 4. The SMILES string of the molecule is COC(=O)C1=NN(C(C)=O)[C@@]2(CC(=O)N(c3cccc(C)c3)C2=O)C1. The van der Waals surface area contributed by atoms with Gasteiger partial charge in [-0.15, -0.1) is 0 Å². The number of hydrogen-bond acceptors (Lipinski definition) is 6. The molecule has 0 bridgehead atoms. The fourth-order valence-corrected chi connectivity index (χ4v) is 3.26. The highest BCUT2D eigenvalue weighted by Crippen LogP contribution is 2.40. The molecule has 1 aromatic rings. The minimum absolute atomic E-state index is 0.0510. The van der Waals surface area contributed by atoms with Crippen LogP contribution in [-0.2, 0) is 23.9 Å². The van der Waals surface area contributed by atoms with Gasteiger partial charge in [0, 0.05) is 13.3 Å². The third-order valence-corrected chi connectivity index (χ3v) is 4.36. The first kappa shape index (κ1) is 16.8. The maximum Gasteiger partial charge on any atom is 0.354 e. The molecule has 0 saturated carbocycles. The Morgan fingerprint density at radius 3 is 2.56 bits per heavy atom. The summed E-state index contributed by atoms with van der Waals surface area (Å²) in [5.74, 6) is -2.26. The van der Waals surface area contributed by atoms with Crippen molar-refractivity contribution in [2.24, 2.45) is 5.10 Å². The van der Waals surface area contributed by atoms with E-state index in [0.29, 0.717) is 5.69 Å². The summed E-state index contributed by atoms with van der Waals surface area (Å²) >= 11 is 0. The normalized spacial score (nSPS) is 22.6. The summed E-state index contributed by atoms with van der Waals surface area (Å²) in [6.07, 6.45) is -0.379. The van der Waals surface area contributed by atoms with Crippen molar-refractivity contribution in [1.29, 1.82) is 0 Å². The molecule has 2 aliphatic rings. The van der Waals surface area contributed by atoms with Crippen molar-refractivity contribution in [3.63, 3.8) is 0 Å². The molecule has 1 spiro atoms. The van der Waals surface area contributed by atoms with Crippen molar-refractivity contribution in [3.05, 3.63) is 29.8 Å². The van der Waals surface area contributed by atoms with Gasteiger partial charge in [0.2, 0.25) is 11.8 Å². The Morgan fingerprint density at radius 2 is 1.96 bits per heavy atom. The third-order valence-electron chi connectivity index (χ3n) is 4.36. The number of amides is 3. The predicted molar refractivity (Wildman–Crippen MR) is 87.6 cm³/mol. The highest BCUT2D eigenvalue weighted by atomic mass is 16.5. The second-order valence-electron chi connectivity index (χ2n) is 6.13. The number of hydrogen-bond donors (Lipinski definition) is 0. The van der Waals surface area contributed by atoms with E-state index in [9.17, 15) is 19.2 Å². The van der Waals surface area contributed by atoms with Crippen molar-refractivity contribution in [1.82, 2.24) is 5.01 Å². The molecule has 25 heavy (non-hydrogen) atoms. The van der Waals surface area contributed by atoms with E-state index in [4.69, 9.17) is 0 Å². The van der Waals surface area contributed by atoms with Crippen LogP contribution >= 0.6 is 0 Å². The standard InChI is InChI=1S/C17H17N3O5/c1-10-5-4-6-12(7-10)19-14(22)9-17(16(19)24)8-13(15(23)25-3)18-20(17)11(2)21/h4-7H,8-9H2,1-3H3/t17-/m1/s1. The fraction of sp³-hybridized carbons (Fsp3) is 0.353. The zero-order valence-electron chi connectivity index (χ0n) is 14.1. The summed E-state index contributed by atoms with van der Waals surface area (Å²) in [6, 6.07) is 6.95. The molecule has 1 saturated heterocycles. The first-order chi connectivity index (χ1) is 11.8. The number of methoxy groups -OCH3 is 1. The van der Waals surface area contributed by atoms with Gasteiger partial charge in [0.25, 0.3) is 5.91 Å². The average molecular weight is 343 g/mol. The number of hydrazone groups is 1. The molecule has 0 aromatic heterocycles. The topological polar surface area (TPSA) is 96.3 Å². The molecule has 2 heterocycles. The first-order valence-corrected chi connectivity index (χ1v) is 7.71. The first-order valence-electron chi connectivity index (χ1n) is 7.71. The number of rotatable bonds is 2. The molecule has 0 unspecified atom stereocenters. The number of ether oxygens (including phenoxy) is 1. The fourth-order valence-electron chi connectivity index (χ4n) is 3.26. The lowest BCUT2D eigenvalue weighted by molar-refractivity contribution is -0.141. The van der Waals surface area contributed by atoms with Crippen molar-refractivity contribution in [3.8, 4) is 0 Å². The van der Waals surface area contributed by atoms with E-state index >= 15 is 0 Å². The zero-order valence-corrected chi connectivity index (χ0v) is 14.1. The number of carbonyl (C=O) groups is 4. The Labute approximate surface area is 144 Å². The molecular formula is C17H17N3O5. The summed E-state index contributed by atoms with van der Waals surface area (Å²) < 4.78 is 4.64. The molecule has 0 N–H and O–H groups in total. The van der Waals surface area contributed by atoms with Crippen molar-refractivity contribution in [2.75, 3.05) is 12.0 Å². The number of anilines is 1. The highest BCUT2D eigenvalue weighted by Gasteiger charge is 2.61. The molecule has 3 amide bonds. The van der Waals surface area contributed by atoms with Gasteiger partial charge in [0.1, 0.15) is 5.71 Å². The zero-order chi connectivity index (χ0) is 18.4. The van der Waals surface area contributed by atoms with E-state index in [1.165, 1.54) is 14.0 Å². The monoisotopic (exact) mass is 343 g/mol. The Morgan fingerprint density at radius 1 is 1.24 bits per heavy atom. The Kier molecular flexibility index (Phi) is 3.90. The molecule has 1 aromatic carbocycles. The highest BCUT2D eigenvalue weighted by molar-refractivity contribution is 6.39. The van der Waals surface area contributed by atoms with Gasteiger partial charge < -0.3 is 4.74 Å². The third kappa shape index (κ3) is 2.50. The quantitative estimate of drug-likeness (QED) is 0.584. The lowest BCUT2D eigenvalue weighted by atomic mass is 9.91. The molecule has 0 aliphatic carbocycles. The van der Waals surface area contributed by atoms with E-state index in [0.717, 1.165) is 15.5 Å². The number of aryl methyl sites for hydroxylation is 1. The minimum Gasteiger partial charge on any atom is -0.464 e. The molecule has 3 rings (SSSR count). The molecule has 130 valence electrons. The molecule has 0 radical (unpaired) electrons. The average Bonchev–Trinajstić information content (AvgIpc) is 3.06. The second-order valence-corrected chi connectivity index (χ2v) is 6.13. The second kappa shape index (κ2) is 5.80. The Balaban J connectivity index is 2.03. The van der Waals surface area contributed by atoms with Crippen LogP contribution in [0.2, 0.25) is 0 Å². The molecular weight excluding hydrogens is 326 g/mol. The van der Waals surface area contributed by atoms with Crippen LogP contribution in [-0.4, -0.2) is 47.1 Å². The Hall–Kier alpha value is -3.03. The molecule has 8 nitrogen and oxygen atoms in total. The van der Waals surface area contributed by atoms with E-state index in [2.05, 4.69) is 9.84 Å². The van der Waals surface area contributed by atoms with Crippen LogP contribution in [0, 0.1) is 6.92 Å². The summed E-state index contributed by atoms with van der Waals surface area (Å²) in [5.41, 5.74) is -0.233. The van der Waals surface area contributed by atoms with Gasteiger partial charge in [0.15, 0.2) is 5.54 Å². The Bertz CT molecular complexity index is 831. The maximum absolute atomic E-state index is 13.1. The number of esters is 1. The van der Waals surface area contributed by atoms with E-state index in [1.807, 2.05) is 13.0 Å². The van der Waals surface area contributed by atoms with Crippen LogP contribution < -0.4 is 4.90 Å². The van der Waals surface area contributed by atoms with Gasteiger partial charge in [-0.25, -0.2) is 14.7 Å². The van der Waals surface area contributed by atoms with Gasteiger partial charge in [-0.2, -0.15) is 5.10 Å². The van der Waals surface area contributed by atoms with Crippen molar-refractivity contribution in [2.45, 2.75) is 32.2 Å². The summed E-state index contributed by atoms with van der Waals surface area (Å²) in [7, 11) is 1.19. The smallest absolute Gasteiger partial charge is 0.354 e. The van der Waals surface area contributed by atoms with Crippen LogP contribution in [0.15, 0.2) is 29.4 Å². The van der Waals surface area contributed by atoms with Crippen molar-refractivity contribution < 1.29 is 23.9 Å². The molecule has 1 atom stereocenters. The van der Waals surface area contributed by atoms with E-state index in [1.54, 1.807) is 18.2 Å². The summed E-state index contributed by atoms with van der Waals surface area (Å²) in [6.45, 7) is 3.08. The van der Waals surface area contributed by atoms with E-state index < -0.39 is 29.2 Å². The molecule has 1 fully saturated rings. The van der Waals surface area contributed by atoms with Gasteiger partial charge in [-0.3, -0.25) is 14.4 Å². The van der Waals surface area contributed by atoms with Gasteiger partial charge in [-0.05, 0) is 24.6 Å². The van der Waals surface area contributed by atoms with Crippen molar-refractivity contribution >= 4 is 35.1 Å². The van der Waals surface area contributed by atoms with Gasteiger partial charge in [-0.1, -0.05) is 12.1 Å². The van der Waals surface area contributed by atoms with Gasteiger partial charge >= 0.3 is 5.97 Å². The lowest BCUT2D eigenvalue weighted by Crippen LogP contribution is -2.51. The van der Waals surface area contributed by atoms with Crippen LogP contribution in [0.1, 0.15) is 25.3 Å². The lowest BCUT2D eigenvalue weighted by Gasteiger charge is -2.28. The summed E-state index contributed by atoms with van der Waals surface area (Å²) in [4.78, 5) is 50.5. The van der Waals surface area contributed by atoms with Crippen LogP contribution in [0.5, 0.6) is 0 Å². The minimum atomic E-state index is -1.50. The summed E-state index contributed by atoms with van der Waals surface area (Å²) in [5, 5.41) is 4.89. The van der Waals surface area contributed by atoms with Crippen LogP contribution in [0.4, 0.5) is 5.69 Å². The number of imide groups is 1. The van der Waals surface area contributed by atoms with E-state index in [-0.39, 0.29) is 18.6 Å². The maximum atomic E-state index is 13.1. The number of nitrogens with zero attached hydrogens (tertiary/aromatic N) is 3. The molecule has 8 heteroatoms. The van der Waals surface area contributed by atoms with Crippen LogP contribution in [0.3, 0.4) is 0 Å².